The van der Waals surface area contributed by atoms with Gasteiger partial charge in [0, 0.05) is 18.8 Å². The van der Waals surface area contributed by atoms with E-state index in [9.17, 15) is 0 Å². The summed E-state index contributed by atoms with van der Waals surface area (Å²) in [5, 5.41) is 11.3. The van der Waals surface area contributed by atoms with E-state index in [4.69, 9.17) is 9.52 Å². The van der Waals surface area contributed by atoms with Gasteiger partial charge in [0.1, 0.15) is 31.5 Å². The van der Waals surface area contributed by atoms with Gasteiger partial charge in [-0.15, -0.1) is 6.58 Å². The van der Waals surface area contributed by atoms with Crippen LogP contribution >= 0.6 is 0 Å². The van der Waals surface area contributed by atoms with Crippen molar-refractivity contribution in [3.63, 3.8) is 0 Å². The Morgan fingerprint density at radius 1 is 1.45 bits per heavy atom. The highest BCUT2D eigenvalue weighted by Crippen LogP contribution is 2.26. The molecule has 4 rings (SSSR count). The summed E-state index contributed by atoms with van der Waals surface area (Å²) in [4.78, 5) is 1.77. The fourth-order valence-corrected chi connectivity index (χ4v) is 3.93. The lowest BCUT2D eigenvalue weighted by Crippen LogP contribution is -3.21. The van der Waals surface area contributed by atoms with Gasteiger partial charge in [0.25, 0.3) is 0 Å². The Morgan fingerprint density at radius 3 is 2.95 bits per heavy atom. The van der Waals surface area contributed by atoms with Gasteiger partial charge in [-0.25, -0.2) is 0 Å². The molecule has 2 bridgehead atoms. The highest BCUT2D eigenvalue weighted by molar-refractivity contribution is 5.04. The molecule has 1 aromatic heterocycles. The highest BCUT2D eigenvalue weighted by Gasteiger charge is 2.42. The summed E-state index contributed by atoms with van der Waals surface area (Å²) in [6.07, 6.45) is 4.89. The third-order valence-corrected chi connectivity index (χ3v) is 5.08. The van der Waals surface area contributed by atoms with Crippen LogP contribution in [0.5, 0.6) is 0 Å². The van der Waals surface area contributed by atoms with E-state index in [2.05, 4.69) is 18.0 Å². The van der Waals surface area contributed by atoms with Crippen LogP contribution in [0.4, 0.5) is 0 Å². The Hall–Kier alpha value is -1.10. The molecule has 20 heavy (non-hydrogen) atoms. The van der Waals surface area contributed by atoms with E-state index < -0.39 is 0 Å². The molecule has 3 saturated heterocycles. The Kier molecular flexibility index (Phi) is 4.24. The lowest BCUT2D eigenvalue weighted by Gasteiger charge is -2.45. The number of furan rings is 1. The Morgan fingerprint density at radius 2 is 2.30 bits per heavy atom. The molecule has 0 aliphatic carbocycles. The molecule has 4 heterocycles. The zero-order chi connectivity index (χ0) is 13.9. The van der Waals surface area contributed by atoms with Gasteiger partial charge in [0.05, 0.1) is 13.1 Å². The number of nitrogens with two attached hydrogens (primary N) is 1. The Balaban J connectivity index is 1.46. The number of nitrogens with one attached hydrogen (secondary N) is 1. The second-order valence-corrected chi connectivity index (χ2v) is 6.25. The smallest absolute Gasteiger partial charge is 0.158 e. The number of aliphatic hydroxyl groups is 1. The van der Waals surface area contributed by atoms with Gasteiger partial charge in [-0.1, -0.05) is 6.08 Å². The van der Waals surface area contributed by atoms with E-state index in [0.29, 0.717) is 5.76 Å². The van der Waals surface area contributed by atoms with Crippen molar-refractivity contribution in [1.29, 1.82) is 0 Å². The normalized spacial score (nSPS) is 32.5. The van der Waals surface area contributed by atoms with Crippen molar-refractivity contribution in [1.82, 2.24) is 0 Å². The average Bonchev–Trinajstić information content (AvgIpc) is 2.96. The molecule has 0 aromatic carbocycles. The van der Waals surface area contributed by atoms with Crippen molar-refractivity contribution in [3.8, 4) is 0 Å². The first-order valence-corrected chi connectivity index (χ1v) is 7.77. The van der Waals surface area contributed by atoms with Gasteiger partial charge in [0.15, 0.2) is 5.76 Å². The fraction of sp³-hybridized carbons (Fsp3) is 0.625. The molecule has 4 heteroatoms. The van der Waals surface area contributed by atoms with Crippen LogP contribution in [0.2, 0.25) is 0 Å². The van der Waals surface area contributed by atoms with Gasteiger partial charge in [-0.3, -0.25) is 0 Å². The quantitative estimate of drug-likeness (QED) is 0.604. The van der Waals surface area contributed by atoms with E-state index in [1.165, 1.54) is 32.5 Å². The van der Waals surface area contributed by atoms with Crippen molar-refractivity contribution in [2.75, 3.05) is 19.6 Å². The molecule has 0 radical (unpaired) electrons. The molecule has 3 fully saturated rings. The van der Waals surface area contributed by atoms with Crippen molar-refractivity contribution in [2.45, 2.75) is 32.0 Å². The molecule has 110 valence electrons. The van der Waals surface area contributed by atoms with Crippen molar-refractivity contribution in [2.24, 2.45) is 11.8 Å². The number of rotatable bonds is 6. The number of piperidine rings is 3. The molecule has 3 aliphatic heterocycles. The van der Waals surface area contributed by atoms with Crippen molar-refractivity contribution >= 4 is 0 Å². The second kappa shape index (κ2) is 6.12. The van der Waals surface area contributed by atoms with Gasteiger partial charge in [0.2, 0.25) is 0 Å². The predicted octanol–water partition coefficient (Wildman–Crippen LogP) is -0.685. The predicted molar refractivity (Wildman–Crippen MR) is 76.0 cm³/mol. The summed E-state index contributed by atoms with van der Waals surface area (Å²) >= 11 is 0. The van der Waals surface area contributed by atoms with Gasteiger partial charge in [-0.2, -0.15) is 0 Å². The minimum atomic E-state index is -0.00876. The highest BCUT2D eigenvalue weighted by atomic mass is 16.4. The topological polar surface area (TPSA) is 54.4 Å². The van der Waals surface area contributed by atoms with Crippen LogP contribution in [0.15, 0.2) is 29.2 Å². The van der Waals surface area contributed by atoms with E-state index in [-0.39, 0.29) is 6.61 Å². The molecule has 0 amide bonds. The number of quaternary nitrogens is 2. The summed E-state index contributed by atoms with van der Waals surface area (Å²) in [7, 11) is 0. The molecule has 4 nitrogen and oxygen atoms in total. The van der Waals surface area contributed by atoms with E-state index >= 15 is 0 Å². The molecule has 1 aromatic rings. The zero-order valence-corrected chi connectivity index (χ0v) is 12.1. The first-order valence-electron chi connectivity index (χ1n) is 7.77. The third kappa shape index (κ3) is 2.82. The van der Waals surface area contributed by atoms with Crippen LogP contribution in [-0.4, -0.2) is 30.8 Å². The first kappa shape index (κ1) is 13.9. The standard InChI is InChI=1S/C16H24N2O2/c1-2-12-10-18-6-5-13(12)7-14(18)8-17-9-15-3-4-16(11-19)20-15/h2-4,12-14,17,19H,1,5-11H2/p+2/t12-,13-,14+/m0/s1. The Labute approximate surface area is 120 Å². The number of hydrogen-bond acceptors (Lipinski definition) is 2. The van der Waals surface area contributed by atoms with E-state index in [1.807, 2.05) is 12.1 Å². The van der Waals surface area contributed by atoms with Gasteiger partial charge in [-0.05, 0) is 18.1 Å². The zero-order valence-electron chi connectivity index (χ0n) is 12.1. The van der Waals surface area contributed by atoms with Crippen LogP contribution < -0.4 is 10.2 Å². The molecule has 4 atom stereocenters. The third-order valence-electron chi connectivity index (χ3n) is 5.08. The molecule has 0 saturated carbocycles. The molecule has 3 aliphatic rings. The van der Waals surface area contributed by atoms with Crippen LogP contribution in [0, 0.1) is 11.8 Å². The average molecular weight is 278 g/mol. The summed E-state index contributed by atoms with van der Waals surface area (Å²) in [6, 6.07) is 4.61. The van der Waals surface area contributed by atoms with Crippen LogP contribution in [0.1, 0.15) is 24.4 Å². The second-order valence-electron chi connectivity index (χ2n) is 6.25. The molecule has 1 unspecified atom stereocenters. The van der Waals surface area contributed by atoms with Gasteiger partial charge >= 0.3 is 0 Å². The lowest BCUT2D eigenvalue weighted by molar-refractivity contribution is -0.958. The van der Waals surface area contributed by atoms with Crippen molar-refractivity contribution < 1.29 is 19.7 Å². The van der Waals surface area contributed by atoms with Crippen molar-refractivity contribution in [3.05, 3.63) is 36.3 Å². The number of fused-ring (bicyclic) bond motifs is 3. The van der Waals surface area contributed by atoms with E-state index in [1.54, 1.807) is 4.90 Å². The number of aliphatic hydroxyl groups excluding tert-OH is 1. The first-order chi connectivity index (χ1) is 9.80. The maximum atomic E-state index is 8.98. The van der Waals surface area contributed by atoms with Crippen LogP contribution in [-0.2, 0) is 13.2 Å². The fourth-order valence-electron chi connectivity index (χ4n) is 3.93. The Bertz CT molecular complexity index is 457. The van der Waals surface area contributed by atoms with Gasteiger partial charge < -0.3 is 19.7 Å². The lowest BCUT2D eigenvalue weighted by atomic mass is 9.75. The number of hydrogen-bond donors (Lipinski definition) is 3. The summed E-state index contributed by atoms with van der Waals surface area (Å²) in [5.41, 5.74) is 0. The summed E-state index contributed by atoms with van der Waals surface area (Å²) in [5.74, 6) is 3.23. The molecular weight excluding hydrogens is 252 g/mol. The largest absolute Gasteiger partial charge is 0.458 e. The minimum Gasteiger partial charge on any atom is -0.458 e. The maximum Gasteiger partial charge on any atom is 0.158 e. The summed E-state index contributed by atoms with van der Waals surface area (Å²) in [6.45, 7) is 8.64. The van der Waals surface area contributed by atoms with Crippen LogP contribution in [0.25, 0.3) is 0 Å². The molecule has 4 N–H and O–H groups in total. The minimum absolute atomic E-state index is 0.00876. The molecule has 0 spiro atoms. The monoisotopic (exact) mass is 278 g/mol. The summed E-state index contributed by atoms with van der Waals surface area (Å²) < 4.78 is 5.52. The van der Waals surface area contributed by atoms with E-state index in [0.717, 1.165) is 30.2 Å². The maximum absolute atomic E-state index is 8.98. The van der Waals surface area contributed by atoms with Crippen LogP contribution in [0.3, 0.4) is 0 Å². The molecular formula is C16H26N2O2+2. The SMILES string of the molecule is C=C[C@H]1C[NH+]2CC[C@H]1C[C@@H]2C[NH2+]Cc1ccc(CO)o1.